The van der Waals surface area contributed by atoms with E-state index in [2.05, 4.69) is 20.7 Å². The topological polar surface area (TPSA) is 81.7 Å². The van der Waals surface area contributed by atoms with Gasteiger partial charge in [0.15, 0.2) is 17.4 Å². The average Bonchev–Trinajstić information content (AvgIpc) is 2.70. The van der Waals surface area contributed by atoms with Gasteiger partial charge in [-0.2, -0.15) is 0 Å². The molecule has 31 heavy (non-hydrogen) atoms. The van der Waals surface area contributed by atoms with Gasteiger partial charge >= 0.3 is 5.97 Å². The third-order valence-corrected chi connectivity index (χ3v) is 5.68. The minimum Gasteiger partial charge on any atom is -0.457 e. The predicted octanol–water partition coefficient (Wildman–Crippen LogP) is 5.43. The highest BCUT2D eigenvalue weighted by Gasteiger charge is 2.26. The molecule has 0 atom stereocenters. The Hall–Kier alpha value is -3.24. The molecule has 6 nitrogen and oxygen atoms in total. The van der Waals surface area contributed by atoms with Gasteiger partial charge in [-0.15, -0.1) is 0 Å². The molecular formula is C21H12BrF2NO5S. The summed E-state index contributed by atoms with van der Waals surface area (Å²) in [5.74, 6) is -2.82. The van der Waals surface area contributed by atoms with E-state index in [-0.39, 0.29) is 22.6 Å². The van der Waals surface area contributed by atoms with E-state index in [0.717, 1.165) is 22.0 Å². The molecular weight excluding hydrogens is 496 g/mol. The molecule has 0 spiro atoms. The Kier molecular flexibility index (Phi) is 5.50. The number of rotatable bonds is 4. The molecule has 0 radical (unpaired) electrons. The average molecular weight is 508 g/mol. The van der Waals surface area contributed by atoms with Crippen LogP contribution in [-0.4, -0.2) is 14.4 Å². The Balaban J connectivity index is 1.67. The normalized spacial score (nSPS) is 14.1. The maximum atomic E-state index is 13.4. The molecule has 0 aromatic heterocycles. The van der Waals surface area contributed by atoms with Gasteiger partial charge in [-0.3, -0.25) is 4.72 Å². The lowest BCUT2D eigenvalue weighted by Gasteiger charge is -2.20. The van der Waals surface area contributed by atoms with Crippen LogP contribution < -0.4 is 9.46 Å². The second-order valence-corrected chi connectivity index (χ2v) is 8.86. The maximum Gasteiger partial charge on any atom is 0.343 e. The number of esters is 1. The molecule has 158 valence electrons. The summed E-state index contributed by atoms with van der Waals surface area (Å²) < 4.78 is 64.9. The lowest BCUT2D eigenvalue weighted by atomic mass is 10.1. The molecule has 3 aromatic rings. The third kappa shape index (κ3) is 4.75. The molecule has 1 heterocycles. The van der Waals surface area contributed by atoms with Crippen LogP contribution in [0.2, 0.25) is 0 Å². The smallest absolute Gasteiger partial charge is 0.343 e. The number of carbonyl (C=O) groups excluding carboxylic acids is 1. The monoisotopic (exact) mass is 507 g/mol. The van der Waals surface area contributed by atoms with Gasteiger partial charge in [0, 0.05) is 10.0 Å². The zero-order valence-electron chi connectivity index (χ0n) is 15.4. The minimum atomic E-state index is -3.94. The summed E-state index contributed by atoms with van der Waals surface area (Å²) in [6, 6.07) is 14.0. The molecule has 3 aromatic carbocycles. The van der Waals surface area contributed by atoms with Crippen LogP contribution in [-0.2, 0) is 14.8 Å². The quantitative estimate of drug-likeness (QED) is 0.476. The van der Waals surface area contributed by atoms with Crippen LogP contribution in [0.15, 0.2) is 70.5 Å². The standard InChI is InChI=1S/C21H12BrF2NO5S/c22-13-2-1-3-14(9-13)29-15-5-7-19-16(10-15)20(11-31(27,28)25-19)30-21(26)12-4-6-17(23)18(24)8-12/h1-11,25H. The van der Waals surface area contributed by atoms with Crippen LogP contribution in [0, 0.1) is 11.6 Å². The summed E-state index contributed by atoms with van der Waals surface area (Å²) >= 11 is 3.34. The van der Waals surface area contributed by atoms with Gasteiger partial charge in [0.1, 0.15) is 11.5 Å². The molecule has 0 bridgehead atoms. The van der Waals surface area contributed by atoms with Crippen molar-refractivity contribution in [3.63, 3.8) is 0 Å². The Morgan fingerprint density at radius 2 is 1.71 bits per heavy atom. The van der Waals surface area contributed by atoms with Crippen molar-refractivity contribution in [1.82, 2.24) is 0 Å². The highest BCUT2D eigenvalue weighted by molar-refractivity contribution is 9.10. The number of anilines is 1. The predicted molar refractivity (Wildman–Crippen MR) is 113 cm³/mol. The SMILES string of the molecule is O=C(OC1=CS(=O)(=O)Nc2ccc(Oc3cccc(Br)c3)cc21)c1ccc(F)c(F)c1. The van der Waals surface area contributed by atoms with Gasteiger partial charge in [0.2, 0.25) is 0 Å². The van der Waals surface area contributed by atoms with Crippen LogP contribution in [0.5, 0.6) is 11.5 Å². The summed E-state index contributed by atoms with van der Waals surface area (Å²) in [4.78, 5) is 12.4. The first-order chi connectivity index (χ1) is 14.7. The van der Waals surface area contributed by atoms with E-state index in [1.807, 2.05) is 6.07 Å². The second kappa shape index (κ2) is 8.12. The molecule has 0 saturated heterocycles. The largest absolute Gasteiger partial charge is 0.457 e. The van der Waals surface area contributed by atoms with Crippen molar-refractivity contribution >= 4 is 43.4 Å². The number of carbonyl (C=O) groups is 1. The van der Waals surface area contributed by atoms with Gasteiger partial charge in [0.25, 0.3) is 10.0 Å². The van der Waals surface area contributed by atoms with Crippen molar-refractivity contribution in [1.29, 1.82) is 0 Å². The Morgan fingerprint density at radius 3 is 2.45 bits per heavy atom. The van der Waals surface area contributed by atoms with Gasteiger partial charge < -0.3 is 9.47 Å². The van der Waals surface area contributed by atoms with Gasteiger partial charge in [-0.25, -0.2) is 22.0 Å². The fourth-order valence-electron chi connectivity index (χ4n) is 2.79. The van der Waals surface area contributed by atoms with Crippen LogP contribution in [0.25, 0.3) is 5.76 Å². The van der Waals surface area contributed by atoms with Crippen molar-refractivity contribution in [2.24, 2.45) is 0 Å². The number of nitrogens with one attached hydrogen (secondary N) is 1. The van der Waals surface area contributed by atoms with E-state index in [9.17, 15) is 22.0 Å². The van der Waals surface area contributed by atoms with Crippen molar-refractivity contribution in [2.45, 2.75) is 0 Å². The first-order valence-electron chi connectivity index (χ1n) is 8.70. The van der Waals surface area contributed by atoms with E-state index in [1.54, 1.807) is 24.3 Å². The van der Waals surface area contributed by atoms with Gasteiger partial charge in [-0.1, -0.05) is 22.0 Å². The Morgan fingerprint density at radius 1 is 0.935 bits per heavy atom. The van der Waals surface area contributed by atoms with E-state index < -0.39 is 27.6 Å². The lowest BCUT2D eigenvalue weighted by Crippen LogP contribution is -2.18. The van der Waals surface area contributed by atoms with Crippen molar-refractivity contribution < 1.29 is 31.5 Å². The van der Waals surface area contributed by atoms with E-state index in [1.165, 1.54) is 12.1 Å². The third-order valence-electron chi connectivity index (χ3n) is 4.16. The molecule has 10 heteroatoms. The molecule has 0 unspecified atom stereocenters. The molecule has 0 aliphatic carbocycles. The van der Waals surface area contributed by atoms with Crippen molar-refractivity contribution in [2.75, 3.05) is 4.72 Å². The summed E-state index contributed by atoms with van der Waals surface area (Å²) in [6.07, 6.45) is 0. The first-order valence-corrected chi connectivity index (χ1v) is 11.0. The fourth-order valence-corrected chi connectivity index (χ4v) is 4.17. The molecule has 1 N–H and O–H groups in total. The van der Waals surface area contributed by atoms with Crippen LogP contribution in [0.4, 0.5) is 14.5 Å². The number of hydrogen-bond donors (Lipinski definition) is 1. The number of fused-ring (bicyclic) bond motifs is 1. The molecule has 0 amide bonds. The van der Waals surface area contributed by atoms with Gasteiger partial charge in [-0.05, 0) is 54.6 Å². The maximum absolute atomic E-state index is 13.4. The number of halogens is 3. The second-order valence-electron chi connectivity index (χ2n) is 6.41. The first kappa shape index (κ1) is 21.0. The molecule has 1 aliphatic heterocycles. The fraction of sp³-hybridized carbons (Fsp3) is 0. The highest BCUT2D eigenvalue weighted by atomic mass is 79.9. The van der Waals surface area contributed by atoms with Crippen LogP contribution in [0.3, 0.4) is 0 Å². The minimum absolute atomic E-state index is 0.164. The zero-order valence-corrected chi connectivity index (χ0v) is 17.8. The zero-order chi connectivity index (χ0) is 22.2. The van der Waals surface area contributed by atoms with Crippen LogP contribution >= 0.6 is 15.9 Å². The van der Waals surface area contributed by atoms with Crippen molar-refractivity contribution in [3.8, 4) is 11.5 Å². The highest BCUT2D eigenvalue weighted by Crippen LogP contribution is 2.36. The van der Waals surface area contributed by atoms with Gasteiger partial charge in [0.05, 0.1) is 16.7 Å². The molecule has 0 saturated carbocycles. The van der Waals surface area contributed by atoms with E-state index >= 15 is 0 Å². The van der Waals surface area contributed by atoms with E-state index in [0.29, 0.717) is 17.6 Å². The Labute approximate surface area is 184 Å². The molecule has 4 rings (SSSR count). The number of ether oxygens (including phenoxy) is 2. The number of hydrogen-bond acceptors (Lipinski definition) is 5. The van der Waals surface area contributed by atoms with Crippen LogP contribution in [0.1, 0.15) is 15.9 Å². The van der Waals surface area contributed by atoms with E-state index in [4.69, 9.17) is 9.47 Å². The Bertz CT molecular complexity index is 1340. The summed E-state index contributed by atoms with van der Waals surface area (Å²) in [5, 5.41) is 0.732. The summed E-state index contributed by atoms with van der Waals surface area (Å²) in [5.41, 5.74) is 0.120. The molecule has 0 fully saturated rings. The summed E-state index contributed by atoms with van der Waals surface area (Å²) in [6.45, 7) is 0. The number of sulfonamides is 1. The number of benzene rings is 3. The molecule has 1 aliphatic rings. The summed E-state index contributed by atoms with van der Waals surface area (Å²) in [7, 11) is -3.94. The lowest BCUT2D eigenvalue weighted by molar-refractivity contribution is 0.0692. The van der Waals surface area contributed by atoms with Crippen molar-refractivity contribution in [3.05, 3.63) is 93.3 Å².